The summed E-state index contributed by atoms with van der Waals surface area (Å²) in [5.41, 5.74) is 0.573. The standard InChI is InChI=1S/C10H14N4O2/c1-13-5-8(4-11)9(12-13)14-6-10(7-14,15-2)16-3/h5H,6-7H2,1-3H3. The summed E-state index contributed by atoms with van der Waals surface area (Å²) in [6.45, 7) is 1.18. The lowest BCUT2D eigenvalue weighted by Gasteiger charge is -2.47. The lowest BCUT2D eigenvalue weighted by molar-refractivity contribution is -0.219. The van der Waals surface area contributed by atoms with Gasteiger partial charge in [-0.1, -0.05) is 0 Å². The number of hydrogen-bond donors (Lipinski definition) is 0. The van der Waals surface area contributed by atoms with Crippen molar-refractivity contribution in [3.63, 3.8) is 0 Å². The Morgan fingerprint density at radius 3 is 2.56 bits per heavy atom. The van der Waals surface area contributed by atoms with Gasteiger partial charge in [-0.05, 0) is 0 Å². The first kappa shape index (κ1) is 10.9. The molecule has 0 saturated carbocycles. The molecule has 2 heterocycles. The number of hydrogen-bond acceptors (Lipinski definition) is 5. The Kier molecular flexibility index (Phi) is 2.58. The third-order valence-electron chi connectivity index (χ3n) is 2.84. The van der Waals surface area contributed by atoms with Crippen LogP contribution < -0.4 is 4.90 Å². The maximum atomic E-state index is 8.95. The third-order valence-corrected chi connectivity index (χ3v) is 2.84. The van der Waals surface area contributed by atoms with E-state index in [1.807, 2.05) is 4.90 Å². The molecule has 0 radical (unpaired) electrons. The predicted octanol–water partition coefficient (Wildman–Crippen LogP) is 0.101. The van der Waals surface area contributed by atoms with Gasteiger partial charge < -0.3 is 14.4 Å². The quantitative estimate of drug-likeness (QED) is 0.679. The van der Waals surface area contributed by atoms with E-state index in [0.29, 0.717) is 24.5 Å². The molecule has 0 unspecified atom stereocenters. The van der Waals surface area contributed by atoms with Gasteiger partial charge in [0.15, 0.2) is 5.82 Å². The number of aryl methyl sites for hydroxylation is 1. The van der Waals surface area contributed by atoms with E-state index in [-0.39, 0.29) is 0 Å². The second-order valence-corrected chi connectivity index (χ2v) is 3.83. The molecule has 1 aromatic heterocycles. The van der Waals surface area contributed by atoms with Crippen LogP contribution in [0.5, 0.6) is 0 Å². The van der Waals surface area contributed by atoms with Crippen LogP contribution in [0.25, 0.3) is 0 Å². The van der Waals surface area contributed by atoms with Crippen LogP contribution in [0, 0.1) is 11.3 Å². The van der Waals surface area contributed by atoms with Gasteiger partial charge in [0.05, 0.1) is 13.1 Å². The molecule has 0 spiro atoms. The van der Waals surface area contributed by atoms with Crippen molar-refractivity contribution in [2.45, 2.75) is 5.79 Å². The predicted molar refractivity (Wildman–Crippen MR) is 56.9 cm³/mol. The van der Waals surface area contributed by atoms with Gasteiger partial charge in [-0.15, -0.1) is 0 Å². The van der Waals surface area contributed by atoms with Gasteiger partial charge in [-0.25, -0.2) is 0 Å². The van der Waals surface area contributed by atoms with Crippen LogP contribution in [0.4, 0.5) is 5.82 Å². The highest BCUT2D eigenvalue weighted by Crippen LogP contribution is 2.31. The number of rotatable bonds is 3. The SMILES string of the molecule is COC1(OC)CN(c2nn(C)cc2C#N)C1. The van der Waals surface area contributed by atoms with Crippen molar-refractivity contribution in [2.24, 2.45) is 7.05 Å². The van der Waals surface area contributed by atoms with E-state index >= 15 is 0 Å². The molecule has 1 aliphatic rings. The first-order valence-electron chi connectivity index (χ1n) is 4.93. The Morgan fingerprint density at radius 1 is 1.44 bits per heavy atom. The lowest BCUT2D eigenvalue weighted by Crippen LogP contribution is -2.64. The average Bonchev–Trinajstić information content (AvgIpc) is 2.60. The van der Waals surface area contributed by atoms with E-state index in [0.717, 1.165) is 0 Å². The maximum absolute atomic E-state index is 8.95. The molecule has 86 valence electrons. The van der Waals surface area contributed by atoms with Gasteiger partial charge in [-0.2, -0.15) is 10.4 Å². The van der Waals surface area contributed by atoms with E-state index < -0.39 is 5.79 Å². The Balaban J connectivity index is 2.15. The highest BCUT2D eigenvalue weighted by Gasteiger charge is 2.45. The molecule has 1 aliphatic heterocycles. The summed E-state index contributed by atoms with van der Waals surface area (Å²) >= 11 is 0. The van der Waals surface area contributed by atoms with E-state index in [9.17, 15) is 0 Å². The number of nitriles is 1. The minimum Gasteiger partial charge on any atom is -0.350 e. The fourth-order valence-electron chi connectivity index (χ4n) is 1.82. The highest BCUT2D eigenvalue weighted by molar-refractivity contribution is 5.55. The zero-order valence-corrected chi connectivity index (χ0v) is 9.60. The average molecular weight is 222 g/mol. The van der Waals surface area contributed by atoms with E-state index in [1.165, 1.54) is 0 Å². The molecular formula is C10H14N4O2. The molecular weight excluding hydrogens is 208 g/mol. The molecule has 1 fully saturated rings. The number of ether oxygens (including phenoxy) is 2. The number of nitrogens with zero attached hydrogens (tertiary/aromatic N) is 4. The van der Waals surface area contributed by atoms with Gasteiger partial charge in [0.2, 0.25) is 5.79 Å². The summed E-state index contributed by atoms with van der Waals surface area (Å²) in [4.78, 5) is 1.96. The van der Waals surface area contributed by atoms with E-state index in [1.54, 1.807) is 32.1 Å². The van der Waals surface area contributed by atoms with Gasteiger partial charge in [0.1, 0.15) is 11.6 Å². The molecule has 2 rings (SSSR count). The maximum Gasteiger partial charge on any atom is 0.203 e. The van der Waals surface area contributed by atoms with Crippen molar-refractivity contribution < 1.29 is 9.47 Å². The summed E-state index contributed by atoms with van der Waals surface area (Å²) < 4.78 is 12.2. The molecule has 1 aromatic rings. The van der Waals surface area contributed by atoms with E-state index in [2.05, 4.69) is 11.2 Å². The second kappa shape index (κ2) is 3.77. The molecule has 0 atom stereocenters. The smallest absolute Gasteiger partial charge is 0.203 e. The molecule has 0 aliphatic carbocycles. The van der Waals surface area contributed by atoms with Gasteiger partial charge in [-0.3, -0.25) is 4.68 Å². The monoisotopic (exact) mass is 222 g/mol. The van der Waals surface area contributed by atoms with Crippen molar-refractivity contribution in [2.75, 3.05) is 32.2 Å². The van der Waals surface area contributed by atoms with Gasteiger partial charge >= 0.3 is 0 Å². The second-order valence-electron chi connectivity index (χ2n) is 3.83. The van der Waals surface area contributed by atoms with Crippen molar-refractivity contribution >= 4 is 5.82 Å². The molecule has 6 heteroatoms. The van der Waals surface area contributed by atoms with Crippen LogP contribution >= 0.6 is 0 Å². The molecule has 0 N–H and O–H groups in total. The van der Waals surface area contributed by atoms with Crippen LogP contribution in [-0.4, -0.2) is 42.9 Å². The summed E-state index contributed by atoms with van der Waals surface area (Å²) in [6.07, 6.45) is 1.70. The molecule has 6 nitrogen and oxygen atoms in total. The number of aromatic nitrogens is 2. The van der Waals surface area contributed by atoms with Crippen molar-refractivity contribution in [1.29, 1.82) is 5.26 Å². The van der Waals surface area contributed by atoms with Crippen LogP contribution in [0.1, 0.15) is 5.56 Å². The Labute approximate surface area is 94.0 Å². The summed E-state index contributed by atoms with van der Waals surface area (Å²) in [5.74, 6) is 0.138. The number of methoxy groups -OCH3 is 2. The minimum absolute atomic E-state index is 0.551. The van der Waals surface area contributed by atoms with Crippen molar-refractivity contribution in [1.82, 2.24) is 9.78 Å². The summed E-state index contributed by atoms with van der Waals surface area (Å²) in [5, 5.41) is 13.2. The third kappa shape index (κ3) is 1.54. The van der Waals surface area contributed by atoms with Crippen LogP contribution in [0.2, 0.25) is 0 Å². The first-order valence-corrected chi connectivity index (χ1v) is 4.93. The Bertz CT molecular complexity index is 423. The fraction of sp³-hybridized carbons (Fsp3) is 0.600. The Morgan fingerprint density at radius 2 is 2.06 bits per heavy atom. The molecule has 0 aromatic carbocycles. The number of anilines is 1. The van der Waals surface area contributed by atoms with Crippen LogP contribution in [0.15, 0.2) is 6.20 Å². The van der Waals surface area contributed by atoms with Crippen molar-refractivity contribution in [3.8, 4) is 6.07 Å². The fourth-order valence-corrected chi connectivity index (χ4v) is 1.82. The minimum atomic E-state index is -0.551. The van der Waals surface area contributed by atoms with Crippen LogP contribution in [0.3, 0.4) is 0 Å². The first-order chi connectivity index (χ1) is 7.64. The van der Waals surface area contributed by atoms with Crippen LogP contribution in [-0.2, 0) is 16.5 Å². The Hall–Kier alpha value is -1.58. The normalized spacial score (nSPS) is 18.0. The van der Waals surface area contributed by atoms with E-state index in [4.69, 9.17) is 14.7 Å². The highest BCUT2D eigenvalue weighted by atomic mass is 16.7. The van der Waals surface area contributed by atoms with Gasteiger partial charge in [0, 0.05) is 27.5 Å². The molecule has 16 heavy (non-hydrogen) atoms. The largest absolute Gasteiger partial charge is 0.350 e. The van der Waals surface area contributed by atoms with Crippen molar-refractivity contribution in [3.05, 3.63) is 11.8 Å². The topological polar surface area (TPSA) is 63.3 Å². The summed E-state index contributed by atoms with van der Waals surface area (Å²) in [7, 11) is 5.03. The molecule has 1 saturated heterocycles. The summed E-state index contributed by atoms with van der Waals surface area (Å²) in [6, 6.07) is 2.12. The lowest BCUT2D eigenvalue weighted by atomic mass is 10.1. The molecule has 0 amide bonds. The molecule has 0 bridgehead atoms. The zero-order valence-electron chi connectivity index (χ0n) is 9.60. The zero-order chi connectivity index (χ0) is 11.8. The van der Waals surface area contributed by atoms with Gasteiger partial charge in [0.25, 0.3) is 0 Å².